The molecule has 0 aromatic carbocycles. The molecule has 1 spiro atoms. The topological polar surface area (TPSA) is 12.0 Å². The molecular weight excluding hydrogens is 158 g/mol. The van der Waals surface area contributed by atoms with Crippen molar-refractivity contribution in [1.29, 1.82) is 0 Å². The van der Waals surface area contributed by atoms with E-state index in [9.17, 15) is 0 Å². The molecule has 1 heteroatoms. The van der Waals surface area contributed by atoms with Crippen molar-refractivity contribution in [3.05, 3.63) is 0 Å². The fourth-order valence-corrected chi connectivity index (χ4v) is 2.99. The van der Waals surface area contributed by atoms with Gasteiger partial charge in [-0.25, -0.2) is 0 Å². The Morgan fingerprint density at radius 1 is 1.23 bits per heavy atom. The van der Waals surface area contributed by atoms with Gasteiger partial charge in [-0.3, -0.25) is 0 Å². The zero-order valence-electron chi connectivity index (χ0n) is 9.32. The van der Waals surface area contributed by atoms with Gasteiger partial charge in [0.1, 0.15) is 0 Å². The van der Waals surface area contributed by atoms with E-state index in [-0.39, 0.29) is 0 Å². The molecule has 2 rings (SSSR count). The van der Waals surface area contributed by atoms with Gasteiger partial charge in [-0.05, 0) is 36.0 Å². The summed E-state index contributed by atoms with van der Waals surface area (Å²) in [7, 11) is 0. The molecule has 1 N–H and O–H groups in total. The minimum Gasteiger partial charge on any atom is -0.316 e. The van der Waals surface area contributed by atoms with Crippen LogP contribution >= 0.6 is 0 Å². The second-order valence-electron chi connectivity index (χ2n) is 6.26. The second kappa shape index (κ2) is 2.98. The summed E-state index contributed by atoms with van der Waals surface area (Å²) in [6, 6.07) is 0. The Hall–Kier alpha value is -0.0400. The van der Waals surface area contributed by atoms with Gasteiger partial charge in [0.2, 0.25) is 0 Å². The highest BCUT2D eigenvalue weighted by molar-refractivity contribution is 4.98. The summed E-state index contributed by atoms with van der Waals surface area (Å²) in [5, 5.41) is 3.44. The van der Waals surface area contributed by atoms with Crippen LogP contribution in [0.25, 0.3) is 0 Å². The molecule has 0 aromatic heterocycles. The third-order valence-electron chi connectivity index (χ3n) is 4.16. The fourth-order valence-electron chi connectivity index (χ4n) is 2.99. The molecule has 13 heavy (non-hydrogen) atoms. The number of hydrogen-bond acceptors (Lipinski definition) is 1. The fraction of sp³-hybridized carbons (Fsp3) is 1.00. The highest BCUT2D eigenvalue weighted by atomic mass is 15.0. The van der Waals surface area contributed by atoms with E-state index in [4.69, 9.17) is 0 Å². The van der Waals surface area contributed by atoms with E-state index in [1.54, 1.807) is 0 Å². The number of hydrogen-bond donors (Lipinski definition) is 1. The lowest BCUT2D eigenvalue weighted by Gasteiger charge is -2.51. The predicted octanol–water partition coefficient (Wildman–Crippen LogP) is 2.81. The van der Waals surface area contributed by atoms with Crippen LogP contribution < -0.4 is 5.32 Å². The molecule has 76 valence electrons. The molecule has 0 radical (unpaired) electrons. The predicted molar refractivity (Wildman–Crippen MR) is 56.7 cm³/mol. The first-order valence-corrected chi connectivity index (χ1v) is 5.73. The molecule has 1 saturated carbocycles. The molecule has 1 aliphatic carbocycles. The Morgan fingerprint density at radius 3 is 2.38 bits per heavy atom. The Kier molecular flexibility index (Phi) is 2.18. The van der Waals surface area contributed by atoms with Crippen LogP contribution in [0.2, 0.25) is 0 Å². The number of rotatable bonds is 0. The zero-order chi connectivity index (χ0) is 9.53. The van der Waals surface area contributed by atoms with Crippen LogP contribution in [-0.2, 0) is 0 Å². The highest BCUT2D eigenvalue weighted by Crippen LogP contribution is 2.47. The van der Waals surface area contributed by atoms with Crippen molar-refractivity contribution in [2.75, 3.05) is 13.1 Å². The summed E-state index contributed by atoms with van der Waals surface area (Å²) >= 11 is 0. The minimum atomic E-state index is 0.531. The summed E-state index contributed by atoms with van der Waals surface area (Å²) in [4.78, 5) is 0. The molecule has 1 heterocycles. The first kappa shape index (κ1) is 9.51. The normalized spacial score (nSPS) is 33.0. The van der Waals surface area contributed by atoms with Crippen LogP contribution in [0.4, 0.5) is 0 Å². The summed E-state index contributed by atoms with van der Waals surface area (Å²) in [5.74, 6) is 0.961. The molecule has 0 bridgehead atoms. The van der Waals surface area contributed by atoms with E-state index in [0.717, 1.165) is 11.3 Å². The molecule has 1 aliphatic heterocycles. The van der Waals surface area contributed by atoms with Crippen LogP contribution in [0.5, 0.6) is 0 Å². The van der Waals surface area contributed by atoms with Gasteiger partial charge in [-0.15, -0.1) is 0 Å². The third kappa shape index (κ3) is 1.76. The van der Waals surface area contributed by atoms with E-state index in [2.05, 4.69) is 26.1 Å². The van der Waals surface area contributed by atoms with Gasteiger partial charge < -0.3 is 5.32 Å². The highest BCUT2D eigenvalue weighted by Gasteiger charge is 2.43. The molecule has 1 saturated heterocycles. The Morgan fingerprint density at radius 2 is 1.92 bits per heavy atom. The summed E-state index contributed by atoms with van der Waals surface area (Å²) in [6.45, 7) is 9.80. The largest absolute Gasteiger partial charge is 0.316 e. The van der Waals surface area contributed by atoms with Gasteiger partial charge in [0.05, 0.1) is 0 Å². The lowest BCUT2D eigenvalue weighted by atomic mass is 9.60. The van der Waals surface area contributed by atoms with Crippen molar-refractivity contribution in [2.45, 2.75) is 46.5 Å². The maximum atomic E-state index is 3.44. The molecule has 2 fully saturated rings. The second-order valence-corrected chi connectivity index (χ2v) is 6.26. The minimum absolute atomic E-state index is 0.531. The molecule has 0 amide bonds. The van der Waals surface area contributed by atoms with Crippen LogP contribution in [0, 0.1) is 16.7 Å². The Balaban J connectivity index is 2.00. The van der Waals surface area contributed by atoms with Crippen LogP contribution in [0.3, 0.4) is 0 Å². The molecular formula is C12H23N. The van der Waals surface area contributed by atoms with Crippen LogP contribution in [-0.4, -0.2) is 13.1 Å². The van der Waals surface area contributed by atoms with Crippen molar-refractivity contribution in [2.24, 2.45) is 16.7 Å². The van der Waals surface area contributed by atoms with Crippen molar-refractivity contribution < 1.29 is 0 Å². The van der Waals surface area contributed by atoms with Crippen molar-refractivity contribution in [1.82, 2.24) is 5.32 Å². The zero-order valence-corrected chi connectivity index (χ0v) is 9.32. The molecule has 2 aliphatic rings. The maximum Gasteiger partial charge on any atom is 0.00203 e. The van der Waals surface area contributed by atoms with E-state index < -0.39 is 0 Å². The average Bonchev–Trinajstić information content (AvgIpc) is 2.00. The van der Waals surface area contributed by atoms with Crippen molar-refractivity contribution >= 4 is 0 Å². The standard InChI is InChI=1S/C12H23N/c1-11(2,3)10-5-4-6-12(7-10)8-13-9-12/h10,13H,4-9H2,1-3H3. The molecule has 0 aromatic rings. The summed E-state index contributed by atoms with van der Waals surface area (Å²) in [6.07, 6.45) is 5.88. The first-order valence-electron chi connectivity index (χ1n) is 5.73. The smallest absolute Gasteiger partial charge is 0.00203 e. The lowest BCUT2D eigenvalue weighted by molar-refractivity contribution is 0.0299. The lowest BCUT2D eigenvalue weighted by Crippen LogP contribution is -2.56. The molecule has 1 atom stereocenters. The van der Waals surface area contributed by atoms with Crippen molar-refractivity contribution in [3.8, 4) is 0 Å². The summed E-state index contributed by atoms with van der Waals surface area (Å²) in [5.41, 5.74) is 1.25. The van der Waals surface area contributed by atoms with Crippen molar-refractivity contribution in [3.63, 3.8) is 0 Å². The van der Waals surface area contributed by atoms with Crippen LogP contribution in [0.1, 0.15) is 46.5 Å². The summed E-state index contributed by atoms with van der Waals surface area (Å²) < 4.78 is 0. The molecule has 1 unspecified atom stereocenters. The maximum absolute atomic E-state index is 3.44. The Bertz CT molecular complexity index is 186. The van der Waals surface area contributed by atoms with E-state index >= 15 is 0 Å². The van der Waals surface area contributed by atoms with Gasteiger partial charge >= 0.3 is 0 Å². The van der Waals surface area contributed by atoms with E-state index in [0.29, 0.717) is 5.41 Å². The van der Waals surface area contributed by atoms with E-state index in [1.165, 1.54) is 38.8 Å². The first-order chi connectivity index (χ1) is 6.02. The van der Waals surface area contributed by atoms with Gasteiger partial charge in [0, 0.05) is 13.1 Å². The monoisotopic (exact) mass is 181 g/mol. The van der Waals surface area contributed by atoms with Gasteiger partial charge in [-0.1, -0.05) is 27.2 Å². The average molecular weight is 181 g/mol. The van der Waals surface area contributed by atoms with E-state index in [1.807, 2.05) is 0 Å². The Labute approximate surface area is 82.3 Å². The van der Waals surface area contributed by atoms with Gasteiger partial charge in [-0.2, -0.15) is 0 Å². The number of nitrogens with one attached hydrogen (secondary N) is 1. The van der Waals surface area contributed by atoms with Crippen LogP contribution in [0.15, 0.2) is 0 Å². The quantitative estimate of drug-likeness (QED) is 0.606. The molecule has 1 nitrogen and oxygen atoms in total. The third-order valence-corrected chi connectivity index (χ3v) is 4.16. The van der Waals surface area contributed by atoms with Gasteiger partial charge in [0.25, 0.3) is 0 Å². The van der Waals surface area contributed by atoms with Gasteiger partial charge in [0.15, 0.2) is 0 Å². The SMILES string of the molecule is CC(C)(C)C1CCCC2(CNC2)C1.